The van der Waals surface area contributed by atoms with E-state index in [1.165, 1.54) is 0 Å². The van der Waals surface area contributed by atoms with Gasteiger partial charge in [0, 0.05) is 0 Å². The number of amides is 1. The van der Waals surface area contributed by atoms with Crippen LogP contribution in [-0.2, 0) is 25.8 Å². The Labute approximate surface area is 151 Å². The molecule has 0 saturated heterocycles. The zero-order valence-electron chi connectivity index (χ0n) is 15.7. The summed E-state index contributed by atoms with van der Waals surface area (Å²) >= 11 is 0. The maximum Gasteiger partial charge on any atom is 0.225 e. The molecule has 1 aromatic rings. The van der Waals surface area contributed by atoms with Gasteiger partial charge >= 0.3 is 0 Å². The predicted octanol–water partition coefficient (Wildman–Crippen LogP) is 2.40. The monoisotopic (exact) mass is 367 g/mol. The van der Waals surface area contributed by atoms with E-state index in [1.54, 1.807) is 20.8 Å². The topological polar surface area (TPSA) is 80.3 Å². The van der Waals surface area contributed by atoms with E-state index in [0.717, 1.165) is 5.56 Å². The molecule has 0 radical (unpaired) electrons. The summed E-state index contributed by atoms with van der Waals surface area (Å²) in [4.78, 5) is 23.9. The maximum absolute atomic E-state index is 12.7. The summed E-state index contributed by atoms with van der Waals surface area (Å²) in [5, 5.41) is 2.69. The fourth-order valence-electron chi connectivity index (χ4n) is 2.28. The zero-order chi connectivity index (χ0) is 19.3. The van der Waals surface area contributed by atoms with Crippen LogP contribution in [0.3, 0.4) is 0 Å². The van der Waals surface area contributed by atoms with Gasteiger partial charge in [0.1, 0.15) is 6.29 Å². The number of carbonyl (C=O) groups is 2. The summed E-state index contributed by atoms with van der Waals surface area (Å²) in [5.74, 6) is -1.45. The minimum atomic E-state index is -3.47. The van der Waals surface area contributed by atoms with Gasteiger partial charge in [-0.05, 0) is 38.7 Å². The Morgan fingerprint density at radius 3 is 2.16 bits per heavy atom. The lowest BCUT2D eigenvalue weighted by Gasteiger charge is -2.25. The van der Waals surface area contributed by atoms with Crippen molar-refractivity contribution >= 4 is 22.0 Å². The van der Waals surface area contributed by atoms with E-state index in [4.69, 9.17) is 0 Å². The predicted molar refractivity (Wildman–Crippen MR) is 100 cm³/mol. The highest BCUT2D eigenvalue weighted by molar-refractivity contribution is 7.92. The Morgan fingerprint density at radius 1 is 1.16 bits per heavy atom. The Hall–Kier alpha value is -1.69. The molecule has 2 atom stereocenters. The van der Waals surface area contributed by atoms with E-state index in [0.29, 0.717) is 12.7 Å². The number of hydrogen-bond acceptors (Lipinski definition) is 4. The molecule has 1 aromatic carbocycles. The van der Waals surface area contributed by atoms with Crippen LogP contribution in [0.5, 0.6) is 0 Å². The third kappa shape index (κ3) is 6.27. The lowest BCUT2D eigenvalue weighted by atomic mass is 9.98. The number of sulfone groups is 1. The Balaban J connectivity index is 3.06. The van der Waals surface area contributed by atoms with E-state index in [2.05, 4.69) is 5.32 Å². The van der Waals surface area contributed by atoms with Gasteiger partial charge in [-0.3, -0.25) is 4.79 Å². The number of carbonyl (C=O) groups excluding carboxylic acids is 2. The van der Waals surface area contributed by atoms with Crippen molar-refractivity contribution in [2.45, 2.75) is 51.8 Å². The number of rotatable bonds is 8. The molecule has 1 unspecified atom stereocenters. The van der Waals surface area contributed by atoms with Crippen molar-refractivity contribution < 1.29 is 18.0 Å². The molecular formula is C19H29NO4S. The van der Waals surface area contributed by atoms with Crippen molar-refractivity contribution in [1.29, 1.82) is 0 Å². The molecule has 0 bridgehead atoms. The van der Waals surface area contributed by atoms with Crippen LogP contribution in [0.1, 0.15) is 40.2 Å². The maximum atomic E-state index is 12.7. The van der Waals surface area contributed by atoms with Gasteiger partial charge < -0.3 is 10.1 Å². The molecule has 6 heteroatoms. The lowest BCUT2D eigenvalue weighted by molar-refractivity contribution is -0.127. The lowest BCUT2D eigenvalue weighted by Crippen LogP contribution is -2.46. The first-order valence-corrected chi connectivity index (χ1v) is 10.1. The molecule has 5 nitrogen and oxygen atoms in total. The summed E-state index contributed by atoms with van der Waals surface area (Å²) < 4.78 is 24.3. The molecule has 25 heavy (non-hydrogen) atoms. The third-order valence-electron chi connectivity index (χ3n) is 4.22. The molecule has 0 aliphatic heterocycles. The molecule has 1 amide bonds. The third-order valence-corrected chi connectivity index (χ3v) is 6.93. The standard InChI is InChI=1S/C19H29NO4S/c1-14(2)17(12-21)20-18(22)16(11-15-9-7-6-8-10-15)13-25(23,24)19(3,4)5/h6-10,12,14,16-17H,11,13H2,1-5H3,(H,20,22)/t16?,17-/m1/s1. The van der Waals surface area contributed by atoms with Crippen molar-refractivity contribution in [1.82, 2.24) is 5.32 Å². The average Bonchev–Trinajstić information content (AvgIpc) is 2.51. The minimum Gasteiger partial charge on any atom is -0.346 e. The highest BCUT2D eigenvalue weighted by Crippen LogP contribution is 2.21. The second kappa shape index (κ2) is 8.61. The second-order valence-corrected chi connectivity index (χ2v) is 10.5. The van der Waals surface area contributed by atoms with E-state index >= 15 is 0 Å². The zero-order valence-corrected chi connectivity index (χ0v) is 16.5. The Kier molecular flexibility index (Phi) is 7.35. The first-order chi connectivity index (χ1) is 11.5. The molecule has 0 saturated carbocycles. The van der Waals surface area contributed by atoms with Crippen LogP contribution in [0.25, 0.3) is 0 Å². The van der Waals surface area contributed by atoms with Crippen molar-refractivity contribution in [3.63, 3.8) is 0 Å². The van der Waals surface area contributed by atoms with Crippen molar-refractivity contribution in [2.24, 2.45) is 11.8 Å². The van der Waals surface area contributed by atoms with E-state index in [9.17, 15) is 18.0 Å². The molecular weight excluding hydrogens is 338 g/mol. The van der Waals surface area contributed by atoms with E-state index < -0.39 is 32.5 Å². The fourth-order valence-corrected chi connectivity index (χ4v) is 3.58. The van der Waals surface area contributed by atoms with Crippen LogP contribution in [0, 0.1) is 11.8 Å². The van der Waals surface area contributed by atoms with E-state index in [-0.39, 0.29) is 11.7 Å². The summed E-state index contributed by atoms with van der Waals surface area (Å²) in [7, 11) is -3.47. The number of hydrogen-bond donors (Lipinski definition) is 1. The SMILES string of the molecule is CC(C)[C@@H](C=O)NC(=O)C(Cc1ccccc1)CS(=O)(=O)C(C)(C)C. The van der Waals surface area contributed by atoms with Crippen LogP contribution in [0.15, 0.2) is 30.3 Å². The smallest absolute Gasteiger partial charge is 0.225 e. The van der Waals surface area contributed by atoms with Gasteiger partial charge in [-0.15, -0.1) is 0 Å². The highest BCUT2D eigenvalue weighted by Gasteiger charge is 2.35. The quantitative estimate of drug-likeness (QED) is 0.716. The molecule has 1 N–H and O–H groups in total. The average molecular weight is 368 g/mol. The largest absolute Gasteiger partial charge is 0.346 e. The normalized spacial score (nSPS) is 14.8. The van der Waals surface area contributed by atoms with E-state index in [1.807, 2.05) is 44.2 Å². The molecule has 1 rings (SSSR count). The molecule has 0 aromatic heterocycles. The molecule has 0 spiro atoms. The highest BCUT2D eigenvalue weighted by atomic mass is 32.2. The summed E-state index contributed by atoms with van der Waals surface area (Å²) in [6.07, 6.45) is 1.01. The second-order valence-electron chi connectivity index (χ2n) is 7.69. The fraction of sp³-hybridized carbons (Fsp3) is 0.579. The Bertz CT molecular complexity index is 675. The minimum absolute atomic E-state index is 0.0574. The van der Waals surface area contributed by atoms with Crippen LogP contribution >= 0.6 is 0 Å². The van der Waals surface area contributed by atoms with Crippen molar-refractivity contribution in [3.05, 3.63) is 35.9 Å². The van der Waals surface area contributed by atoms with Crippen LogP contribution in [0.4, 0.5) is 0 Å². The summed E-state index contributed by atoms with van der Waals surface area (Å²) in [5.41, 5.74) is 0.888. The van der Waals surface area contributed by atoms with Gasteiger partial charge in [-0.2, -0.15) is 0 Å². The van der Waals surface area contributed by atoms with Crippen molar-refractivity contribution in [2.75, 3.05) is 5.75 Å². The van der Waals surface area contributed by atoms with Crippen LogP contribution in [0.2, 0.25) is 0 Å². The molecule has 140 valence electrons. The number of nitrogens with one attached hydrogen (secondary N) is 1. The van der Waals surface area contributed by atoms with Gasteiger partial charge in [0.15, 0.2) is 9.84 Å². The first kappa shape index (κ1) is 21.4. The van der Waals surface area contributed by atoms with Gasteiger partial charge in [0.05, 0.1) is 22.5 Å². The van der Waals surface area contributed by atoms with Crippen LogP contribution < -0.4 is 5.32 Å². The van der Waals surface area contributed by atoms with Crippen molar-refractivity contribution in [3.8, 4) is 0 Å². The summed E-state index contributed by atoms with van der Waals surface area (Å²) in [6, 6.07) is 8.68. The summed E-state index contributed by atoms with van der Waals surface area (Å²) in [6.45, 7) is 8.54. The van der Waals surface area contributed by atoms with Gasteiger partial charge in [0.2, 0.25) is 5.91 Å². The molecule has 0 fully saturated rings. The molecule has 0 heterocycles. The molecule has 0 aliphatic carbocycles. The van der Waals surface area contributed by atoms with Gasteiger partial charge in [0.25, 0.3) is 0 Å². The number of benzene rings is 1. The molecule has 0 aliphatic rings. The first-order valence-electron chi connectivity index (χ1n) is 8.50. The Morgan fingerprint density at radius 2 is 1.72 bits per heavy atom. The number of aldehydes is 1. The van der Waals surface area contributed by atoms with Crippen LogP contribution in [-0.4, -0.2) is 37.2 Å². The van der Waals surface area contributed by atoms with Gasteiger partial charge in [-0.25, -0.2) is 8.42 Å². The van der Waals surface area contributed by atoms with Gasteiger partial charge in [-0.1, -0.05) is 44.2 Å².